The molecule has 2 heterocycles. The molecule has 1 aromatic heterocycles. The van der Waals surface area contributed by atoms with Crippen LogP contribution in [0.25, 0.3) is 11.1 Å². The summed E-state index contributed by atoms with van der Waals surface area (Å²) in [5.41, 5.74) is 2.72. The largest absolute Gasteiger partial charge is 0.489 e. The molecule has 2 aromatic carbocycles. The molecule has 178 valence electrons. The summed E-state index contributed by atoms with van der Waals surface area (Å²) in [6.07, 6.45) is 1.73. The quantitative estimate of drug-likeness (QED) is 0.521. The first-order chi connectivity index (χ1) is 16.6. The molecule has 0 unspecified atom stereocenters. The molecule has 1 N–H and O–H groups in total. The summed E-state index contributed by atoms with van der Waals surface area (Å²) in [5, 5.41) is 2.78. The van der Waals surface area contributed by atoms with Gasteiger partial charge in [-0.15, -0.1) is 0 Å². The molecule has 1 amide bonds. The van der Waals surface area contributed by atoms with Crippen LogP contribution in [0.5, 0.6) is 5.75 Å². The minimum Gasteiger partial charge on any atom is -0.489 e. The van der Waals surface area contributed by atoms with Crippen LogP contribution in [0.15, 0.2) is 60.8 Å². The maximum Gasteiger partial charge on any atom is 0.224 e. The van der Waals surface area contributed by atoms with Gasteiger partial charge in [0.15, 0.2) is 11.6 Å². The second-order valence-corrected chi connectivity index (χ2v) is 8.07. The Kier molecular flexibility index (Phi) is 8.17. The van der Waals surface area contributed by atoms with Crippen molar-refractivity contribution in [3.05, 3.63) is 83.7 Å². The summed E-state index contributed by atoms with van der Waals surface area (Å²) in [6.45, 7) is 4.56. The summed E-state index contributed by atoms with van der Waals surface area (Å²) in [4.78, 5) is 18.7. The van der Waals surface area contributed by atoms with Gasteiger partial charge in [-0.1, -0.05) is 24.3 Å². The van der Waals surface area contributed by atoms with Gasteiger partial charge in [0, 0.05) is 31.4 Å². The lowest BCUT2D eigenvalue weighted by molar-refractivity contribution is -0.120. The maximum absolute atomic E-state index is 14.5. The van der Waals surface area contributed by atoms with Crippen LogP contribution < -0.4 is 10.1 Å². The number of morpholine rings is 1. The highest BCUT2D eigenvalue weighted by atomic mass is 19.1. The van der Waals surface area contributed by atoms with Crippen molar-refractivity contribution in [3.63, 3.8) is 0 Å². The molecule has 8 heteroatoms. The van der Waals surface area contributed by atoms with Crippen LogP contribution in [0.1, 0.15) is 11.3 Å². The third-order valence-electron chi connectivity index (χ3n) is 5.58. The monoisotopic (exact) mass is 467 g/mol. The van der Waals surface area contributed by atoms with Gasteiger partial charge < -0.3 is 14.8 Å². The van der Waals surface area contributed by atoms with Gasteiger partial charge in [0.05, 0.1) is 31.9 Å². The van der Waals surface area contributed by atoms with Crippen molar-refractivity contribution >= 4 is 5.91 Å². The number of nitrogens with zero attached hydrogens (tertiary/aromatic N) is 2. The number of carbonyl (C=O) groups excluding carboxylic acids is 1. The van der Waals surface area contributed by atoms with Crippen molar-refractivity contribution in [1.82, 2.24) is 15.2 Å². The smallest absolute Gasteiger partial charge is 0.224 e. The van der Waals surface area contributed by atoms with E-state index in [-0.39, 0.29) is 30.4 Å². The molecule has 1 aliphatic rings. The molecule has 0 bridgehead atoms. The molecule has 1 fully saturated rings. The van der Waals surface area contributed by atoms with E-state index >= 15 is 0 Å². The van der Waals surface area contributed by atoms with E-state index in [1.807, 2.05) is 6.07 Å². The third kappa shape index (κ3) is 6.82. The standard InChI is InChI=1S/C26H27F2N3O3/c27-22-3-1-2-19(14-22)15-26(32)30-18-23-6-4-21(17-29-23)20-5-7-25(24(28)16-20)34-13-10-31-8-11-33-12-9-31/h1-7,14,16-17H,8-13,15,18H2,(H,30,32). The summed E-state index contributed by atoms with van der Waals surface area (Å²) >= 11 is 0. The number of benzene rings is 2. The van der Waals surface area contributed by atoms with Gasteiger partial charge in [0.1, 0.15) is 12.4 Å². The third-order valence-corrected chi connectivity index (χ3v) is 5.58. The Morgan fingerprint density at radius 2 is 1.88 bits per heavy atom. The molecule has 1 saturated heterocycles. The van der Waals surface area contributed by atoms with Crippen molar-refractivity contribution in [2.45, 2.75) is 13.0 Å². The predicted molar refractivity (Wildman–Crippen MR) is 124 cm³/mol. The zero-order chi connectivity index (χ0) is 23.8. The molecule has 3 aromatic rings. The summed E-state index contributed by atoms with van der Waals surface area (Å²) in [5.74, 6) is -0.787. The first-order valence-electron chi connectivity index (χ1n) is 11.3. The van der Waals surface area contributed by atoms with E-state index in [4.69, 9.17) is 9.47 Å². The van der Waals surface area contributed by atoms with Gasteiger partial charge in [-0.2, -0.15) is 0 Å². The highest BCUT2D eigenvalue weighted by molar-refractivity contribution is 5.78. The lowest BCUT2D eigenvalue weighted by Crippen LogP contribution is -2.38. The zero-order valence-electron chi connectivity index (χ0n) is 18.8. The zero-order valence-corrected chi connectivity index (χ0v) is 18.8. The Morgan fingerprint density at radius 1 is 1.06 bits per heavy atom. The lowest BCUT2D eigenvalue weighted by atomic mass is 10.1. The highest BCUT2D eigenvalue weighted by Crippen LogP contribution is 2.25. The minimum absolute atomic E-state index is 0.0932. The van der Waals surface area contributed by atoms with E-state index in [1.54, 1.807) is 36.5 Å². The van der Waals surface area contributed by atoms with E-state index < -0.39 is 5.82 Å². The summed E-state index contributed by atoms with van der Waals surface area (Å²) in [6, 6.07) is 14.4. The fourth-order valence-electron chi connectivity index (χ4n) is 3.69. The van der Waals surface area contributed by atoms with E-state index in [1.165, 1.54) is 18.2 Å². The van der Waals surface area contributed by atoms with Crippen LogP contribution in [0.2, 0.25) is 0 Å². The highest BCUT2D eigenvalue weighted by Gasteiger charge is 2.12. The van der Waals surface area contributed by atoms with Crippen molar-refractivity contribution < 1.29 is 23.0 Å². The van der Waals surface area contributed by atoms with Crippen LogP contribution in [0.4, 0.5) is 8.78 Å². The number of carbonyl (C=O) groups is 1. The fourth-order valence-corrected chi connectivity index (χ4v) is 3.69. The van der Waals surface area contributed by atoms with Crippen molar-refractivity contribution in [1.29, 1.82) is 0 Å². The Morgan fingerprint density at radius 3 is 2.62 bits per heavy atom. The SMILES string of the molecule is O=C(Cc1cccc(F)c1)NCc1ccc(-c2ccc(OCCN3CCOCC3)c(F)c2)cn1. The topological polar surface area (TPSA) is 63.7 Å². The second kappa shape index (κ2) is 11.7. The van der Waals surface area contributed by atoms with Crippen molar-refractivity contribution in [3.8, 4) is 16.9 Å². The van der Waals surface area contributed by atoms with E-state index in [2.05, 4.69) is 15.2 Å². The molecule has 0 spiro atoms. The van der Waals surface area contributed by atoms with Gasteiger partial charge >= 0.3 is 0 Å². The van der Waals surface area contributed by atoms with Crippen molar-refractivity contribution in [2.75, 3.05) is 39.5 Å². The number of hydrogen-bond acceptors (Lipinski definition) is 5. The average Bonchev–Trinajstić information content (AvgIpc) is 2.85. The number of hydrogen-bond donors (Lipinski definition) is 1. The Hall–Kier alpha value is -3.36. The average molecular weight is 468 g/mol. The normalized spacial score (nSPS) is 14.1. The van der Waals surface area contributed by atoms with Gasteiger partial charge in [0.2, 0.25) is 5.91 Å². The number of pyridine rings is 1. The van der Waals surface area contributed by atoms with Crippen LogP contribution in [-0.4, -0.2) is 55.2 Å². The molecular weight excluding hydrogens is 440 g/mol. The summed E-state index contributed by atoms with van der Waals surface area (Å²) < 4.78 is 38.7. The Balaban J connectivity index is 1.27. The minimum atomic E-state index is -0.423. The van der Waals surface area contributed by atoms with Gasteiger partial charge in [-0.3, -0.25) is 14.7 Å². The van der Waals surface area contributed by atoms with Crippen LogP contribution in [0.3, 0.4) is 0 Å². The van der Waals surface area contributed by atoms with Crippen molar-refractivity contribution in [2.24, 2.45) is 0 Å². The number of nitrogens with one attached hydrogen (secondary N) is 1. The van der Waals surface area contributed by atoms with Gasteiger partial charge in [-0.25, -0.2) is 8.78 Å². The van der Waals surface area contributed by atoms with Gasteiger partial charge in [0.25, 0.3) is 0 Å². The second-order valence-electron chi connectivity index (χ2n) is 8.07. The number of amides is 1. The molecule has 6 nitrogen and oxygen atoms in total. The van der Waals surface area contributed by atoms with Crippen LogP contribution in [0, 0.1) is 11.6 Å². The van der Waals surface area contributed by atoms with E-state index in [9.17, 15) is 13.6 Å². The van der Waals surface area contributed by atoms with Gasteiger partial charge in [-0.05, 0) is 41.5 Å². The molecule has 4 rings (SSSR count). The maximum atomic E-state index is 14.5. The fraction of sp³-hybridized carbons (Fsp3) is 0.308. The molecule has 0 atom stereocenters. The van der Waals surface area contributed by atoms with E-state index in [0.717, 1.165) is 38.4 Å². The number of ether oxygens (including phenoxy) is 2. The first kappa shape index (κ1) is 23.8. The first-order valence-corrected chi connectivity index (χ1v) is 11.3. The number of halogens is 2. The molecule has 0 saturated carbocycles. The number of rotatable bonds is 9. The Bertz CT molecular complexity index is 1100. The number of aromatic nitrogens is 1. The summed E-state index contributed by atoms with van der Waals surface area (Å²) in [7, 11) is 0. The van der Waals surface area contributed by atoms with Crippen LogP contribution in [-0.2, 0) is 22.5 Å². The molecular formula is C26H27F2N3O3. The predicted octanol–water partition coefficient (Wildman–Crippen LogP) is 3.60. The molecule has 0 aliphatic carbocycles. The van der Waals surface area contributed by atoms with Crippen LogP contribution >= 0.6 is 0 Å². The lowest BCUT2D eigenvalue weighted by Gasteiger charge is -2.26. The molecule has 0 radical (unpaired) electrons. The molecule has 1 aliphatic heterocycles. The molecule has 34 heavy (non-hydrogen) atoms. The van der Waals surface area contributed by atoms with E-state index in [0.29, 0.717) is 23.4 Å². The Labute approximate surface area is 197 Å².